The molecule has 2 heterocycles. The molecule has 2 aromatic carbocycles. The molecule has 1 N–H and O–H groups in total. The van der Waals surface area contributed by atoms with E-state index in [4.69, 9.17) is 11.6 Å². The third-order valence-corrected chi connectivity index (χ3v) is 10.6. The number of quaternary nitrogens is 2. The number of nitrogens with zero attached hydrogens (tertiary/aromatic N) is 5. The Morgan fingerprint density at radius 1 is 0.959 bits per heavy atom. The van der Waals surface area contributed by atoms with Gasteiger partial charge >= 0.3 is 0 Å². The SMILES string of the molecule is CC1(C)C(/C=C/C(Cl)=C/C=C2/N(CCC[N+](C)(C)C)c3ccc([N+](=O)[O-])cc3C2(C)C)=[N+](CCC[N+](C)(C)C)c2ccc(S(=O)(=O)O)cc21. The molecule has 0 amide bonds. The number of fused-ring (bicyclic) bond motifs is 2. The lowest BCUT2D eigenvalue weighted by atomic mass is 9.81. The molecule has 0 aromatic heterocycles. The van der Waals surface area contributed by atoms with Crippen molar-refractivity contribution in [3.05, 3.63) is 92.7 Å². The van der Waals surface area contributed by atoms with Crippen LogP contribution in [0, 0.1) is 10.1 Å². The number of hydrogen-bond acceptors (Lipinski definition) is 5. The highest BCUT2D eigenvalue weighted by Crippen LogP contribution is 2.49. The summed E-state index contributed by atoms with van der Waals surface area (Å²) in [4.78, 5) is 13.4. The maximum atomic E-state index is 12.0. The lowest BCUT2D eigenvalue weighted by molar-refractivity contribution is -0.871. The zero-order chi connectivity index (χ0) is 36.7. The monoisotopic (exact) mass is 714 g/mol. The molecule has 266 valence electrons. The largest absolute Gasteiger partial charge is 0.344 e. The van der Waals surface area contributed by atoms with Crippen LogP contribution in [0.4, 0.5) is 17.1 Å². The van der Waals surface area contributed by atoms with E-state index in [2.05, 4.69) is 65.6 Å². The zero-order valence-electron chi connectivity index (χ0n) is 30.6. The molecule has 4 rings (SSSR count). The van der Waals surface area contributed by atoms with E-state index >= 15 is 0 Å². The second kappa shape index (κ2) is 13.8. The number of rotatable bonds is 13. The van der Waals surface area contributed by atoms with Gasteiger partial charge in [-0.25, -0.2) is 0 Å². The van der Waals surface area contributed by atoms with Crippen molar-refractivity contribution in [1.29, 1.82) is 0 Å². The van der Waals surface area contributed by atoms with E-state index in [0.29, 0.717) is 5.03 Å². The third kappa shape index (κ3) is 8.69. The van der Waals surface area contributed by atoms with Gasteiger partial charge in [-0.05, 0) is 55.8 Å². The Morgan fingerprint density at radius 3 is 2.18 bits per heavy atom. The molecule has 2 aliphatic rings. The molecular weight excluding hydrogens is 662 g/mol. The van der Waals surface area contributed by atoms with Crippen LogP contribution in [0.5, 0.6) is 0 Å². The molecule has 10 nitrogen and oxygen atoms in total. The van der Waals surface area contributed by atoms with Crippen molar-refractivity contribution in [2.45, 2.75) is 56.3 Å². The van der Waals surface area contributed by atoms with E-state index in [1.165, 1.54) is 6.07 Å². The first-order valence-electron chi connectivity index (χ1n) is 16.6. The van der Waals surface area contributed by atoms with Gasteiger partial charge in [0.25, 0.3) is 15.8 Å². The Hall–Kier alpha value is -3.35. The van der Waals surface area contributed by atoms with Gasteiger partial charge in [0.15, 0.2) is 12.3 Å². The normalized spacial score (nSPS) is 18.5. The molecule has 0 radical (unpaired) electrons. The number of halogens is 1. The van der Waals surface area contributed by atoms with E-state index in [9.17, 15) is 23.1 Å². The molecule has 2 aliphatic heterocycles. The van der Waals surface area contributed by atoms with Gasteiger partial charge in [0.1, 0.15) is 0 Å². The number of nitro benzene ring substituents is 1. The molecule has 0 bridgehead atoms. The van der Waals surface area contributed by atoms with Crippen LogP contribution < -0.4 is 4.90 Å². The first kappa shape index (κ1) is 38.5. The van der Waals surface area contributed by atoms with Crippen LogP contribution in [-0.2, 0) is 20.9 Å². The highest BCUT2D eigenvalue weighted by Gasteiger charge is 2.45. The third-order valence-electron chi connectivity index (χ3n) is 9.47. The molecular formula is C37H53ClN5O5S+3. The number of allylic oxidation sites excluding steroid dienone is 6. The van der Waals surface area contributed by atoms with Gasteiger partial charge in [-0.15, -0.1) is 0 Å². The van der Waals surface area contributed by atoms with Crippen LogP contribution in [0.2, 0.25) is 0 Å². The average molecular weight is 715 g/mol. The fourth-order valence-electron chi connectivity index (χ4n) is 6.85. The summed E-state index contributed by atoms with van der Waals surface area (Å²) in [6.07, 6.45) is 9.58. The highest BCUT2D eigenvalue weighted by molar-refractivity contribution is 7.85. The second-order valence-electron chi connectivity index (χ2n) is 16.2. The molecule has 0 spiro atoms. The summed E-state index contributed by atoms with van der Waals surface area (Å²) >= 11 is 6.89. The molecule has 2 aromatic rings. The number of non-ortho nitro benzene ring substituents is 1. The summed E-state index contributed by atoms with van der Waals surface area (Å²) in [5.74, 6) is 0. The van der Waals surface area contributed by atoms with Gasteiger partial charge in [-0.1, -0.05) is 25.4 Å². The van der Waals surface area contributed by atoms with Gasteiger partial charge < -0.3 is 13.9 Å². The van der Waals surface area contributed by atoms with E-state index in [1.807, 2.05) is 44.2 Å². The summed E-state index contributed by atoms with van der Waals surface area (Å²) in [6, 6.07) is 9.89. The van der Waals surface area contributed by atoms with E-state index in [-0.39, 0.29) is 15.5 Å². The second-order valence-corrected chi connectivity index (χ2v) is 18.1. The Bertz CT molecular complexity index is 1860. The zero-order valence-corrected chi connectivity index (χ0v) is 32.2. The maximum Gasteiger partial charge on any atom is 0.294 e. The Labute approximate surface area is 297 Å². The standard InChI is InChI=1S/C37H52ClN5O5S/c1-36(2)30-25-28(41(44)45)15-17-32(30)39(21-11-23-42(5,6)7)34(36)19-13-27(38)14-20-35-37(3,4)31-26-29(49(46,47)48)16-18-33(31)40(35)22-12-24-43(8,9)10/h13-20,25-26H,11-12,21-24H2,1-10H3/q+2/p+1. The fraction of sp³-hybridized carbons (Fsp3) is 0.486. The summed E-state index contributed by atoms with van der Waals surface area (Å²) in [6.45, 7) is 11.7. The van der Waals surface area contributed by atoms with E-state index in [1.54, 1.807) is 24.3 Å². The van der Waals surface area contributed by atoms with Crippen molar-refractivity contribution in [3.63, 3.8) is 0 Å². The van der Waals surface area contributed by atoms with Crippen molar-refractivity contribution in [2.75, 3.05) is 73.4 Å². The van der Waals surface area contributed by atoms with Crippen molar-refractivity contribution in [3.8, 4) is 0 Å². The summed E-state index contributed by atoms with van der Waals surface area (Å²) in [5.41, 5.74) is 4.60. The molecule has 0 atom stereocenters. The number of nitro groups is 1. The molecule has 0 saturated carbocycles. The van der Waals surface area contributed by atoms with Gasteiger partial charge in [0.05, 0.1) is 77.0 Å². The predicted octanol–water partition coefficient (Wildman–Crippen LogP) is 6.77. The van der Waals surface area contributed by atoms with E-state index in [0.717, 1.165) is 81.9 Å². The Morgan fingerprint density at radius 2 is 1.59 bits per heavy atom. The highest BCUT2D eigenvalue weighted by atomic mass is 35.5. The minimum Gasteiger partial charge on any atom is -0.344 e. The smallest absolute Gasteiger partial charge is 0.294 e. The molecule has 0 aliphatic carbocycles. The summed E-state index contributed by atoms with van der Waals surface area (Å²) in [7, 11) is 8.59. The predicted molar refractivity (Wildman–Crippen MR) is 199 cm³/mol. The van der Waals surface area contributed by atoms with Crippen LogP contribution in [0.3, 0.4) is 0 Å². The van der Waals surface area contributed by atoms with Crippen LogP contribution in [0.25, 0.3) is 0 Å². The van der Waals surface area contributed by atoms with Crippen LogP contribution in [0.1, 0.15) is 51.7 Å². The van der Waals surface area contributed by atoms with Crippen molar-refractivity contribution in [1.82, 2.24) is 0 Å². The van der Waals surface area contributed by atoms with Gasteiger partial charge in [-0.2, -0.15) is 13.0 Å². The average Bonchev–Trinajstić information content (AvgIpc) is 3.30. The topological polar surface area (TPSA) is 104 Å². The van der Waals surface area contributed by atoms with Crippen molar-refractivity contribution in [2.24, 2.45) is 0 Å². The lowest BCUT2D eigenvalue weighted by Gasteiger charge is -2.29. The van der Waals surface area contributed by atoms with Gasteiger partial charge in [0.2, 0.25) is 5.69 Å². The first-order valence-corrected chi connectivity index (χ1v) is 18.5. The minimum atomic E-state index is -4.36. The van der Waals surface area contributed by atoms with Crippen molar-refractivity contribution < 1.29 is 31.4 Å². The number of benzene rings is 2. The molecule has 49 heavy (non-hydrogen) atoms. The van der Waals surface area contributed by atoms with Crippen molar-refractivity contribution >= 4 is 44.5 Å². The molecule has 12 heteroatoms. The Balaban J connectivity index is 1.73. The lowest BCUT2D eigenvalue weighted by Crippen LogP contribution is -2.37. The fourth-order valence-corrected chi connectivity index (χ4v) is 7.49. The number of hydrogen-bond donors (Lipinski definition) is 1. The van der Waals surface area contributed by atoms with Crippen LogP contribution in [-0.4, -0.2) is 106 Å². The molecule has 0 saturated heterocycles. The minimum absolute atomic E-state index is 0.0720. The summed E-state index contributed by atoms with van der Waals surface area (Å²) < 4.78 is 37.7. The van der Waals surface area contributed by atoms with Gasteiger partial charge in [-0.3, -0.25) is 14.7 Å². The first-order chi connectivity index (χ1) is 22.4. The molecule has 0 fully saturated rings. The molecule has 0 unspecified atom stereocenters. The van der Waals surface area contributed by atoms with Gasteiger partial charge in [0, 0.05) is 64.6 Å². The number of anilines is 1. The Kier molecular flexibility index (Phi) is 10.8. The van der Waals surface area contributed by atoms with E-state index < -0.39 is 20.9 Å². The van der Waals surface area contributed by atoms with Crippen LogP contribution >= 0.6 is 11.6 Å². The summed E-state index contributed by atoms with van der Waals surface area (Å²) in [5, 5.41) is 12.2. The maximum absolute atomic E-state index is 12.0. The quantitative estimate of drug-likeness (QED) is 0.0614. The van der Waals surface area contributed by atoms with Crippen LogP contribution in [0.15, 0.2) is 76.3 Å².